The Hall–Kier alpha value is -1.37. The second kappa shape index (κ2) is 5.62. The largest absolute Gasteiger partial charge is 0.498 e. The molecule has 1 aromatic carbocycles. The minimum Gasteiger partial charge on any atom is -0.399 e. The van der Waals surface area contributed by atoms with Crippen molar-refractivity contribution in [1.29, 1.82) is 0 Å². The van der Waals surface area contributed by atoms with Crippen molar-refractivity contribution in [2.45, 2.75) is 45.4 Å². The van der Waals surface area contributed by atoms with Gasteiger partial charge in [-0.1, -0.05) is 17.7 Å². The average Bonchev–Trinajstić information content (AvgIpc) is 2.96. The molecule has 122 valence electrons. The lowest BCUT2D eigenvalue weighted by atomic mass is 9.82. The van der Waals surface area contributed by atoms with Gasteiger partial charge in [0.05, 0.1) is 17.7 Å². The maximum absolute atomic E-state index is 13.1. The van der Waals surface area contributed by atoms with E-state index < -0.39 is 7.12 Å². The molecule has 2 aromatic rings. The number of benzene rings is 1. The summed E-state index contributed by atoms with van der Waals surface area (Å²) in [7, 11) is -0.447. The number of aromatic nitrogens is 2. The van der Waals surface area contributed by atoms with Gasteiger partial charge in [0.25, 0.3) is 0 Å². The average molecular weight is 337 g/mol. The number of hydrogen-bond donors (Lipinski definition) is 0. The van der Waals surface area contributed by atoms with Gasteiger partial charge in [0.1, 0.15) is 5.82 Å². The Labute approximate surface area is 140 Å². The van der Waals surface area contributed by atoms with Crippen molar-refractivity contribution in [3.63, 3.8) is 0 Å². The highest BCUT2D eigenvalue weighted by atomic mass is 35.5. The molecule has 23 heavy (non-hydrogen) atoms. The summed E-state index contributed by atoms with van der Waals surface area (Å²) < 4.78 is 26.8. The van der Waals surface area contributed by atoms with Crippen LogP contribution in [-0.4, -0.2) is 28.1 Å². The van der Waals surface area contributed by atoms with Crippen LogP contribution >= 0.6 is 11.6 Å². The summed E-state index contributed by atoms with van der Waals surface area (Å²) in [6.07, 6.45) is 3.58. The minimum atomic E-state index is -0.447. The van der Waals surface area contributed by atoms with E-state index in [2.05, 4.69) is 5.10 Å². The molecule has 7 heteroatoms. The van der Waals surface area contributed by atoms with Crippen LogP contribution in [0, 0.1) is 5.82 Å². The Bertz CT molecular complexity index is 717. The van der Waals surface area contributed by atoms with E-state index in [-0.39, 0.29) is 17.0 Å². The van der Waals surface area contributed by atoms with Crippen molar-refractivity contribution in [2.24, 2.45) is 0 Å². The zero-order valence-corrected chi connectivity index (χ0v) is 14.4. The third kappa shape index (κ3) is 3.16. The van der Waals surface area contributed by atoms with Crippen LogP contribution in [0.4, 0.5) is 4.39 Å². The third-order valence-electron chi connectivity index (χ3n) is 4.53. The molecule has 0 bridgehead atoms. The molecule has 1 aromatic heterocycles. The van der Waals surface area contributed by atoms with Crippen LogP contribution in [-0.2, 0) is 15.9 Å². The molecule has 1 saturated heterocycles. The first kappa shape index (κ1) is 16.5. The van der Waals surface area contributed by atoms with Crippen molar-refractivity contribution in [2.75, 3.05) is 0 Å². The third-order valence-corrected chi connectivity index (χ3v) is 4.88. The van der Waals surface area contributed by atoms with E-state index in [0.717, 1.165) is 11.0 Å². The van der Waals surface area contributed by atoms with Crippen molar-refractivity contribution in [3.8, 4) is 0 Å². The molecule has 1 aliphatic heterocycles. The highest BCUT2D eigenvalue weighted by molar-refractivity contribution is 6.62. The predicted octanol–water partition coefficient (Wildman–Crippen LogP) is 3.02. The lowest BCUT2D eigenvalue weighted by Gasteiger charge is -2.32. The molecule has 0 spiro atoms. The maximum atomic E-state index is 13.1. The van der Waals surface area contributed by atoms with Crippen LogP contribution in [0.25, 0.3) is 0 Å². The molecule has 1 fully saturated rings. The lowest BCUT2D eigenvalue weighted by molar-refractivity contribution is 0.00578. The molecule has 0 amide bonds. The van der Waals surface area contributed by atoms with Gasteiger partial charge in [0, 0.05) is 22.9 Å². The van der Waals surface area contributed by atoms with Crippen LogP contribution in [0.2, 0.25) is 5.02 Å². The number of halogens is 2. The van der Waals surface area contributed by atoms with Crippen LogP contribution in [0.3, 0.4) is 0 Å². The fraction of sp³-hybridized carbons (Fsp3) is 0.438. The molecule has 0 aliphatic carbocycles. The highest BCUT2D eigenvalue weighted by Gasteiger charge is 2.52. The Morgan fingerprint density at radius 2 is 1.87 bits per heavy atom. The fourth-order valence-corrected chi connectivity index (χ4v) is 2.62. The SMILES string of the molecule is CC1(C)OB(c2cnn(Cc3ccc(F)cc3Cl)c2)OC1(C)C. The van der Waals surface area contributed by atoms with E-state index in [1.165, 1.54) is 12.1 Å². The normalized spacial score (nSPS) is 19.3. The van der Waals surface area contributed by atoms with Gasteiger partial charge in [-0.3, -0.25) is 4.68 Å². The van der Waals surface area contributed by atoms with E-state index in [1.807, 2.05) is 33.9 Å². The van der Waals surface area contributed by atoms with Crippen LogP contribution < -0.4 is 5.46 Å². The van der Waals surface area contributed by atoms with Crippen molar-refractivity contribution in [3.05, 3.63) is 47.0 Å². The standard InChI is InChI=1S/C16H19BClFN2O2/c1-15(2)16(3,4)23-17(22-15)12-8-20-21(10-12)9-11-5-6-13(19)7-14(11)18/h5-8,10H,9H2,1-4H3. The number of rotatable bonds is 3. The Morgan fingerprint density at radius 1 is 1.22 bits per heavy atom. The van der Waals surface area contributed by atoms with Crippen molar-refractivity contribution < 1.29 is 13.7 Å². The molecule has 0 atom stereocenters. The molecular formula is C16H19BClFN2O2. The quantitative estimate of drug-likeness (QED) is 0.808. The van der Waals surface area contributed by atoms with Gasteiger partial charge < -0.3 is 9.31 Å². The molecule has 0 radical (unpaired) electrons. The lowest BCUT2D eigenvalue weighted by Crippen LogP contribution is -2.41. The monoisotopic (exact) mass is 336 g/mol. The first-order valence-corrected chi connectivity index (χ1v) is 7.88. The molecule has 4 nitrogen and oxygen atoms in total. The first-order valence-electron chi connectivity index (χ1n) is 7.50. The first-order chi connectivity index (χ1) is 10.7. The van der Waals surface area contributed by atoms with E-state index >= 15 is 0 Å². The van der Waals surface area contributed by atoms with E-state index in [1.54, 1.807) is 16.9 Å². The summed E-state index contributed by atoms with van der Waals surface area (Å²) >= 11 is 6.06. The molecule has 0 unspecified atom stereocenters. The van der Waals surface area contributed by atoms with Crippen LogP contribution in [0.15, 0.2) is 30.6 Å². The Kier molecular flexibility index (Phi) is 4.03. The molecule has 1 aliphatic rings. The highest BCUT2D eigenvalue weighted by Crippen LogP contribution is 2.36. The Balaban J connectivity index is 1.77. The summed E-state index contributed by atoms with van der Waals surface area (Å²) in [5.74, 6) is -0.350. The molecule has 3 rings (SSSR count). The van der Waals surface area contributed by atoms with Crippen LogP contribution in [0.1, 0.15) is 33.3 Å². The fourth-order valence-electron chi connectivity index (χ4n) is 2.39. The van der Waals surface area contributed by atoms with E-state index in [9.17, 15) is 4.39 Å². The zero-order chi connectivity index (χ0) is 16.8. The zero-order valence-electron chi connectivity index (χ0n) is 13.6. The summed E-state index contributed by atoms with van der Waals surface area (Å²) in [5.41, 5.74) is 0.874. The predicted molar refractivity (Wildman–Crippen MR) is 88.5 cm³/mol. The number of hydrogen-bond acceptors (Lipinski definition) is 3. The van der Waals surface area contributed by atoms with Crippen LogP contribution in [0.5, 0.6) is 0 Å². The summed E-state index contributed by atoms with van der Waals surface area (Å²) in [5, 5.41) is 4.71. The van der Waals surface area contributed by atoms with E-state index in [4.69, 9.17) is 20.9 Å². The molecule has 0 saturated carbocycles. The molecular weight excluding hydrogens is 317 g/mol. The molecule has 2 heterocycles. The maximum Gasteiger partial charge on any atom is 0.498 e. The second-order valence-corrected chi connectivity index (χ2v) is 7.20. The van der Waals surface area contributed by atoms with Crippen molar-refractivity contribution in [1.82, 2.24) is 9.78 Å². The number of nitrogens with zero attached hydrogens (tertiary/aromatic N) is 2. The van der Waals surface area contributed by atoms with Gasteiger partial charge in [-0.15, -0.1) is 0 Å². The van der Waals surface area contributed by atoms with Gasteiger partial charge in [-0.25, -0.2) is 4.39 Å². The van der Waals surface area contributed by atoms with Gasteiger partial charge in [-0.05, 0) is 45.4 Å². The van der Waals surface area contributed by atoms with Gasteiger partial charge in [0.15, 0.2) is 0 Å². The van der Waals surface area contributed by atoms with Crippen molar-refractivity contribution >= 4 is 24.2 Å². The minimum absolute atomic E-state index is 0.350. The van der Waals surface area contributed by atoms with Gasteiger partial charge in [0.2, 0.25) is 0 Å². The summed E-state index contributed by atoms with van der Waals surface area (Å²) in [4.78, 5) is 0. The van der Waals surface area contributed by atoms with Gasteiger partial charge in [-0.2, -0.15) is 5.10 Å². The smallest absolute Gasteiger partial charge is 0.399 e. The summed E-state index contributed by atoms with van der Waals surface area (Å²) in [6.45, 7) is 8.50. The van der Waals surface area contributed by atoms with Gasteiger partial charge >= 0.3 is 7.12 Å². The molecule has 0 N–H and O–H groups in total. The Morgan fingerprint density at radius 3 is 2.48 bits per heavy atom. The van der Waals surface area contributed by atoms with E-state index in [0.29, 0.717) is 11.6 Å². The second-order valence-electron chi connectivity index (χ2n) is 6.80. The topological polar surface area (TPSA) is 36.3 Å². The summed E-state index contributed by atoms with van der Waals surface area (Å²) in [6, 6.07) is 4.35.